The van der Waals surface area contributed by atoms with Gasteiger partial charge in [-0.15, -0.1) is 0 Å². The lowest BCUT2D eigenvalue weighted by Gasteiger charge is -2.29. The van der Waals surface area contributed by atoms with Crippen LogP contribution in [0.5, 0.6) is 0 Å². The zero-order valence-corrected chi connectivity index (χ0v) is 17.1. The monoisotopic (exact) mass is 379 g/mol. The third kappa shape index (κ3) is 4.35. The summed E-state index contributed by atoms with van der Waals surface area (Å²) in [5.74, 6) is -0.0862. The molecule has 0 spiro atoms. The average molecular weight is 380 g/mol. The van der Waals surface area contributed by atoms with Crippen LogP contribution < -0.4 is 15.5 Å². The fourth-order valence-corrected chi connectivity index (χ4v) is 3.93. The molecule has 5 nitrogen and oxygen atoms in total. The van der Waals surface area contributed by atoms with Gasteiger partial charge in [-0.2, -0.15) is 0 Å². The van der Waals surface area contributed by atoms with Crippen LogP contribution in [-0.2, 0) is 5.41 Å². The first-order valence-electron chi connectivity index (χ1n) is 9.80. The van der Waals surface area contributed by atoms with Gasteiger partial charge in [0.25, 0.3) is 5.91 Å². The summed E-state index contributed by atoms with van der Waals surface area (Å²) in [5.41, 5.74) is 3.62. The van der Waals surface area contributed by atoms with Crippen molar-refractivity contribution in [2.75, 3.05) is 18.0 Å². The first-order chi connectivity index (χ1) is 13.3. The van der Waals surface area contributed by atoms with Gasteiger partial charge < -0.3 is 10.6 Å². The van der Waals surface area contributed by atoms with E-state index in [0.717, 1.165) is 17.7 Å². The molecule has 2 N–H and O–H groups in total. The molecule has 0 saturated carbocycles. The molecule has 1 fully saturated rings. The van der Waals surface area contributed by atoms with Crippen LogP contribution in [0.15, 0.2) is 48.5 Å². The number of hydrogen-bond donors (Lipinski definition) is 2. The normalized spacial score (nSPS) is 15.3. The van der Waals surface area contributed by atoms with Gasteiger partial charge in [-0.05, 0) is 55.0 Å². The fourth-order valence-electron chi connectivity index (χ4n) is 3.93. The predicted octanol–water partition coefficient (Wildman–Crippen LogP) is 4.01. The number of carbonyl (C=O) groups excluding carboxylic acids is 2. The number of carbonyl (C=O) groups is 2. The van der Waals surface area contributed by atoms with Crippen molar-refractivity contribution in [1.82, 2.24) is 10.6 Å². The number of rotatable bonds is 6. The zero-order valence-electron chi connectivity index (χ0n) is 17.1. The molecule has 3 amide bonds. The summed E-state index contributed by atoms with van der Waals surface area (Å²) in [6.07, 6.45) is 0.841. The van der Waals surface area contributed by atoms with Gasteiger partial charge >= 0.3 is 6.03 Å². The highest BCUT2D eigenvalue weighted by Gasteiger charge is 2.25. The number of aryl methyl sites for hydroxylation is 1. The molecular formula is C23H29N3O2. The van der Waals surface area contributed by atoms with Crippen molar-refractivity contribution in [2.24, 2.45) is 0 Å². The van der Waals surface area contributed by atoms with Gasteiger partial charge in [0.05, 0.1) is 0 Å². The number of anilines is 1. The van der Waals surface area contributed by atoms with Crippen LogP contribution in [-0.4, -0.2) is 31.1 Å². The smallest absolute Gasteiger partial charge is 0.322 e. The molecule has 148 valence electrons. The molecule has 0 radical (unpaired) electrons. The lowest BCUT2D eigenvalue weighted by Crippen LogP contribution is -2.37. The number of nitrogens with one attached hydrogen (secondary N) is 2. The lowest BCUT2D eigenvalue weighted by molar-refractivity contribution is 0.0934. The Morgan fingerprint density at radius 1 is 1.21 bits per heavy atom. The van der Waals surface area contributed by atoms with E-state index in [1.807, 2.05) is 44.2 Å². The van der Waals surface area contributed by atoms with Crippen molar-refractivity contribution in [3.63, 3.8) is 0 Å². The van der Waals surface area contributed by atoms with Crippen LogP contribution in [0.3, 0.4) is 0 Å². The highest BCUT2D eigenvalue weighted by Crippen LogP contribution is 2.28. The van der Waals surface area contributed by atoms with Crippen LogP contribution in [0.1, 0.15) is 48.7 Å². The largest absolute Gasteiger partial charge is 0.350 e. The molecule has 1 aliphatic rings. The molecule has 3 rings (SSSR count). The highest BCUT2D eigenvalue weighted by atomic mass is 16.2. The molecule has 28 heavy (non-hydrogen) atoms. The van der Waals surface area contributed by atoms with Gasteiger partial charge in [0.15, 0.2) is 0 Å². The Morgan fingerprint density at radius 2 is 1.93 bits per heavy atom. The lowest BCUT2D eigenvalue weighted by atomic mass is 9.79. The topological polar surface area (TPSA) is 61.4 Å². The maximum absolute atomic E-state index is 12.7. The molecule has 0 aliphatic carbocycles. The van der Waals surface area contributed by atoms with Crippen molar-refractivity contribution in [2.45, 2.75) is 45.6 Å². The van der Waals surface area contributed by atoms with Crippen LogP contribution in [0.2, 0.25) is 0 Å². The molecule has 5 heteroatoms. The van der Waals surface area contributed by atoms with Crippen molar-refractivity contribution >= 4 is 17.6 Å². The van der Waals surface area contributed by atoms with Crippen LogP contribution in [0.25, 0.3) is 0 Å². The Hall–Kier alpha value is -2.82. The average Bonchev–Trinajstić information content (AvgIpc) is 3.07. The predicted molar refractivity (Wildman–Crippen MR) is 113 cm³/mol. The number of nitrogens with zero attached hydrogens (tertiary/aromatic N) is 1. The molecule has 2 aromatic rings. The second-order valence-corrected chi connectivity index (χ2v) is 8.21. The summed E-state index contributed by atoms with van der Waals surface area (Å²) < 4.78 is 0. The quantitative estimate of drug-likeness (QED) is 0.797. The van der Waals surface area contributed by atoms with Crippen LogP contribution in [0, 0.1) is 6.92 Å². The van der Waals surface area contributed by atoms with Gasteiger partial charge in [0.2, 0.25) is 0 Å². The van der Waals surface area contributed by atoms with E-state index in [1.165, 1.54) is 5.56 Å². The fraction of sp³-hybridized carbons (Fsp3) is 0.391. The number of amides is 3. The standard InChI is InChI=1S/C23H29N3O2/c1-16-14-18(10-11-20(16)26-13-12-24-22(26)28)21(27)25-17(2)15-23(3,4)19-8-6-5-7-9-19/h5-11,14,17H,12-13,15H2,1-4H3,(H,24,28)(H,25,27). The molecule has 2 aromatic carbocycles. The molecular weight excluding hydrogens is 350 g/mol. The van der Waals surface area contributed by atoms with Crippen molar-refractivity contribution in [3.8, 4) is 0 Å². The minimum absolute atomic E-state index is 0.0309. The van der Waals surface area contributed by atoms with Gasteiger partial charge in [0.1, 0.15) is 0 Å². The van der Waals surface area contributed by atoms with E-state index in [9.17, 15) is 9.59 Å². The Morgan fingerprint density at radius 3 is 2.54 bits per heavy atom. The Labute approximate surface area is 167 Å². The molecule has 0 bridgehead atoms. The molecule has 1 aliphatic heterocycles. The van der Waals surface area contributed by atoms with Gasteiger partial charge in [-0.25, -0.2) is 4.79 Å². The Bertz CT molecular complexity index is 861. The maximum Gasteiger partial charge on any atom is 0.322 e. The third-order valence-corrected chi connectivity index (χ3v) is 5.36. The van der Waals surface area contributed by atoms with E-state index in [0.29, 0.717) is 18.7 Å². The third-order valence-electron chi connectivity index (χ3n) is 5.36. The summed E-state index contributed by atoms with van der Waals surface area (Å²) in [6.45, 7) is 9.67. The van der Waals surface area contributed by atoms with E-state index >= 15 is 0 Å². The Kier molecular flexibility index (Phi) is 5.73. The summed E-state index contributed by atoms with van der Waals surface area (Å²) in [4.78, 5) is 26.3. The van der Waals surface area contributed by atoms with Crippen molar-refractivity contribution < 1.29 is 9.59 Å². The summed E-state index contributed by atoms with van der Waals surface area (Å²) in [6, 6.07) is 15.8. The first kappa shape index (κ1) is 19.9. The van der Waals surface area contributed by atoms with Gasteiger partial charge in [-0.3, -0.25) is 9.69 Å². The van der Waals surface area contributed by atoms with E-state index in [2.05, 4.69) is 36.6 Å². The van der Waals surface area contributed by atoms with Crippen molar-refractivity contribution in [1.29, 1.82) is 0 Å². The molecule has 0 aromatic heterocycles. The van der Waals surface area contributed by atoms with E-state index in [-0.39, 0.29) is 23.4 Å². The Balaban J connectivity index is 1.65. The molecule has 1 heterocycles. The van der Waals surface area contributed by atoms with Gasteiger partial charge in [-0.1, -0.05) is 44.2 Å². The summed E-state index contributed by atoms with van der Waals surface area (Å²) in [7, 11) is 0. The molecule has 1 saturated heterocycles. The number of benzene rings is 2. The second kappa shape index (κ2) is 8.05. The van der Waals surface area contributed by atoms with Crippen LogP contribution >= 0.6 is 0 Å². The number of hydrogen-bond acceptors (Lipinski definition) is 2. The molecule has 1 atom stereocenters. The first-order valence-corrected chi connectivity index (χ1v) is 9.80. The minimum Gasteiger partial charge on any atom is -0.350 e. The summed E-state index contributed by atoms with van der Waals surface area (Å²) in [5, 5.41) is 5.92. The number of urea groups is 1. The van der Waals surface area contributed by atoms with Crippen molar-refractivity contribution in [3.05, 3.63) is 65.2 Å². The highest BCUT2D eigenvalue weighted by molar-refractivity contribution is 5.98. The second-order valence-electron chi connectivity index (χ2n) is 8.21. The summed E-state index contributed by atoms with van der Waals surface area (Å²) >= 11 is 0. The van der Waals surface area contributed by atoms with Crippen LogP contribution in [0.4, 0.5) is 10.5 Å². The van der Waals surface area contributed by atoms with E-state index in [4.69, 9.17) is 0 Å². The minimum atomic E-state index is -0.0862. The van der Waals surface area contributed by atoms with E-state index < -0.39 is 0 Å². The van der Waals surface area contributed by atoms with Gasteiger partial charge in [0, 0.05) is 30.4 Å². The zero-order chi connectivity index (χ0) is 20.3. The maximum atomic E-state index is 12.7. The SMILES string of the molecule is Cc1cc(C(=O)NC(C)CC(C)(C)c2ccccc2)ccc1N1CCNC1=O. The van der Waals surface area contributed by atoms with E-state index in [1.54, 1.807) is 11.0 Å². The molecule has 1 unspecified atom stereocenters.